The van der Waals surface area contributed by atoms with Crippen LogP contribution in [0.4, 0.5) is 5.69 Å². The average Bonchev–Trinajstić information content (AvgIpc) is 3.07. The van der Waals surface area contributed by atoms with Gasteiger partial charge in [-0.2, -0.15) is 5.10 Å². The number of benzene rings is 1. The summed E-state index contributed by atoms with van der Waals surface area (Å²) in [6.45, 7) is 3.03. The van der Waals surface area contributed by atoms with Gasteiger partial charge in [-0.1, -0.05) is 11.6 Å². The van der Waals surface area contributed by atoms with Crippen LogP contribution < -0.4 is 15.4 Å². The third-order valence-corrected chi connectivity index (χ3v) is 5.28. The molecule has 1 aliphatic heterocycles. The second-order valence-electron chi connectivity index (χ2n) is 7.23. The van der Waals surface area contributed by atoms with E-state index >= 15 is 0 Å². The fraction of sp³-hybridized carbons (Fsp3) is 0.318. The Morgan fingerprint density at radius 2 is 2.00 bits per heavy atom. The van der Waals surface area contributed by atoms with E-state index in [9.17, 15) is 9.59 Å². The molecule has 1 aromatic carbocycles. The number of anilines is 1. The Morgan fingerprint density at radius 3 is 2.62 bits per heavy atom. The number of amides is 2. The summed E-state index contributed by atoms with van der Waals surface area (Å²) in [5, 5.41) is 9.93. The first-order chi connectivity index (χ1) is 15.4. The standard InChI is InChI=1S/C20H19ClN4O4.C2H7N/c1-12-15(20(27)24-8-14(9-24)28-2)10-25-19(12)18(5-6-23-25)29-13-3-4-17(22-11-26)16(21)7-13;1-3-2/h3-7,10-11,14H,8-9H2,1-2H3,(H,22,26);3H,1-2H3. The molecule has 4 rings (SSSR count). The molecule has 2 amide bonds. The van der Waals surface area contributed by atoms with Crippen LogP contribution in [0.25, 0.3) is 5.52 Å². The molecule has 0 bridgehead atoms. The highest BCUT2D eigenvalue weighted by Crippen LogP contribution is 2.33. The van der Waals surface area contributed by atoms with Crippen molar-refractivity contribution in [2.75, 3.05) is 39.6 Å². The molecule has 2 N–H and O–H groups in total. The first kappa shape index (κ1) is 23.5. The van der Waals surface area contributed by atoms with Crippen LogP contribution in [0.5, 0.6) is 11.5 Å². The van der Waals surface area contributed by atoms with E-state index in [-0.39, 0.29) is 12.0 Å². The Hall–Kier alpha value is -3.14. The van der Waals surface area contributed by atoms with Gasteiger partial charge in [0.2, 0.25) is 6.41 Å². The Kier molecular flexibility index (Phi) is 7.68. The number of hydrogen-bond donors (Lipinski definition) is 2. The van der Waals surface area contributed by atoms with Crippen LogP contribution in [-0.4, -0.2) is 67.2 Å². The van der Waals surface area contributed by atoms with Crippen molar-refractivity contribution in [2.45, 2.75) is 13.0 Å². The lowest BCUT2D eigenvalue weighted by molar-refractivity contribution is -0.105. The van der Waals surface area contributed by atoms with Gasteiger partial charge in [-0.15, -0.1) is 0 Å². The molecular weight excluding hydrogens is 434 g/mol. The van der Waals surface area contributed by atoms with Crippen LogP contribution in [-0.2, 0) is 9.53 Å². The second-order valence-corrected chi connectivity index (χ2v) is 7.64. The zero-order chi connectivity index (χ0) is 23.3. The van der Waals surface area contributed by atoms with Gasteiger partial charge >= 0.3 is 0 Å². The zero-order valence-corrected chi connectivity index (χ0v) is 19.1. The number of nitrogens with zero attached hydrogens (tertiary/aromatic N) is 3. The molecule has 170 valence electrons. The van der Waals surface area contributed by atoms with Crippen LogP contribution >= 0.6 is 11.6 Å². The van der Waals surface area contributed by atoms with Crippen molar-refractivity contribution in [3.8, 4) is 11.5 Å². The smallest absolute Gasteiger partial charge is 0.255 e. The number of fused-ring (bicyclic) bond motifs is 1. The molecule has 10 heteroatoms. The van der Waals surface area contributed by atoms with E-state index in [0.29, 0.717) is 52.8 Å². The quantitative estimate of drug-likeness (QED) is 0.550. The fourth-order valence-electron chi connectivity index (χ4n) is 3.31. The number of ether oxygens (including phenoxy) is 2. The molecule has 0 radical (unpaired) electrons. The maximum absolute atomic E-state index is 12.8. The van der Waals surface area contributed by atoms with E-state index in [2.05, 4.69) is 15.7 Å². The van der Waals surface area contributed by atoms with Crippen LogP contribution in [0, 0.1) is 6.92 Å². The van der Waals surface area contributed by atoms with Crippen LogP contribution in [0.2, 0.25) is 5.02 Å². The molecule has 2 aromatic heterocycles. The minimum atomic E-state index is -0.0559. The summed E-state index contributed by atoms with van der Waals surface area (Å²) >= 11 is 6.17. The van der Waals surface area contributed by atoms with Gasteiger partial charge < -0.3 is 25.0 Å². The maximum atomic E-state index is 12.8. The number of hydrogen-bond acceptors (Lipinski definition) is 6. The SMILES string of the molecule is CNC.COC1CN(C(=O)c2cn3nccc(Oc4ccc(NC=O)c(Cl)c4)c3c2C)C1. The van der Waals surface area contributed by atoms with Gasteiger partial charge in [0.05, 0.1) is 28.6 Å². The van der Waals surface area contributed by atoms with E-state index in [0.717, 1.165) is 5.56 Å². The summed E-state index contributed by atoms with van der Waals surface area (Å²) < 4.78 is 12.9. The van der Waals surface area contributed by atoms with Crippen molar-refractivity contribution in [1.29, 1.82) is 0 Å². The van der Waals surface area contributed by atoms with E-state index in [1.165, 1.54) is 0 Å². The number of halogens is 1. The van der Waals surface area contributed by atoms with Crippen molar-refractivity contribution in [2.24, 2.45) is 0 Å². The molecule has 0 saturated carbocycles. The highest BCUT2D eigenvalue weighted by molar-refractivity contribution is 6.33. The molecule has 32 heavy (non-hydrogen) atoms. The first-order valence-corrected chi connectivity index (χ1v) is 10.4. The second kappa shape index (κ2) is 10.4. The first-order valence-electron chi connectivity index (χ1n) is 9.98. The number of rotatable bonds is 6. The van der Waals surface area contributed by atoms with E-state index in [1.54, 1.807) is 53.2 Å². The number of carbonyl (C=O) groups is 2. The predicted octanol–water partition coefficient (Wildman–Crippen LogP) is 2.96. The number of methoxy groups -OCH3 is 1. The maximum Gasteiger partial charge on any atom is 0.255 e. The summed E-state index contributed by atoms with van der Waals surface area (Å²) in [6.07, 6.45) is 3.97. The predicted molar refractivity (Wildman–Crippen MR) is 123 cm³/mol. The van der Waals surface area contributed by atoms with Gasteiger partial charge in [0, 0.05) is 38.5 Å². The third-order valence-electron chi connectivity index (χ3n) is 4.97. The molecule has 0 spiro atoms. The molecule has 1 fully saturated rings. The van der Waals surface area contributed by atoms with Gasteiger partial charge in [0.15, 0.2) is 5.75 Å². The highest BCUT2D eigenvalue weighted by atomic mass is 35.5. The summed E-state index contributed by atoms with van der Waals surface area (Å²) in [7, 11) is 5.39. The van der Waals surface area contributed by atoms with Crippen molar-refractivity contribution < 1.29 is 19.1 Å². The van der Waals surface area contributed by atoms with Crippen molar-refractivity contribution >= 4 is 35.1 Å². The summed E-state index contributed by atoms with van der Waals surface area (Å²) in [4.78, 5) is 25.2. The number of carbonyl (C=O) groups excluding carboxylic acids is 2. The minimum absolute atomic E-state index is 0.0559. The van der Waals surface area contributed by atoms with Crippen molar-refractivity contribution in [3.05, 3.63) is 52.8 Å². The van der Waals surface area contributed by atoms with Crippen LogP contribution in [0.1, 0.15) is 15.9 Å². The largest absolute Gasteiger partial charge is 0.455 e. The fourth-order valence-corrected chi connectivity index (χ4v) is 3.54. The molecular formula is C22H26ClN5O4. The van der Waals surface area contributed by atoms with Gasteiger partial charge in [-0.05, 0) is 38.7 Å². The minimum Gasteiger partial charge on any atom is -0.455 e. The van der Waals surface area contributed by atoms with Gasteiger partial charge in [-0.25, -0.2) is 4.52 Å². The van der Waals surface area contributed by atoms with E-state index in [4.69, 9.17) is 21.1 Å². The number of nitrogens with one attached hydrogen (secondary N) is 2. The molecule has 0 aliphatic carbocycles. The summed E-state index contributed by atoms with van der Waals surface area (Å²) in [5.41, 5.74) is 2.55. The van der Waals surface area contributed by atoms with Crippen LogP contribution in [0.3, 0.4) is 0 Å². The summed E-state index contributed by atoms with van der Waals surface area (Å²) in [6, 6.07) is 6.69. The van der Waals surface area contributed by atoms with Crippen molar-refractivity contribution in [3.63, 3.8) is 0 Å². The number of aryl methyl sites for hydroxylation is 1. The summed E-state index contributed by atoms with van der Waals surface area (Å²) in [5.74, 6) is 0.986. The van der Waals surface area contributed by atoms with Crippen molar-refractivity contribution in [1.82, 2.24) is 19.8 Å². The number of aromatic nitrogens is 2. The molecule has 1 aliphatic rings. The molecule has 9 nitrogen and oxygen atoms in total. The molecule has 1 saturated heterocycles. The van der Waals surface area contributed by atoms with Crippen LogP contribution in [0.15, 0.2) is 36.7 Å². The Morgan fingerprint density at radius 1 is 1.28 bits per heavy atom. The highest BCUT2D eigenvalue weighted by Gasteiger charge is 2.33. The zero-order valence-electron chi connectivity index (χ0n) is 18.4. The lowest BCUT2D eigenvalue weighted by atomic mass is 10.1. The average molecular weight is 460 g/mol. The van der Waals surface area contributed by atoms with Gasteiger partial charge in [0.25, 0.3) is 5.91 Å². The van der Waals surface area contributed by atoms with E-state index < -0.39 is 0 Å². The topological polar surface area (TPSA) is 97.2 Å². The monoisotopic (exact) mass is 459 g/mol. The lowest BCUT2D eigenvalue weighted by Gasteiger charge is -2.38. The molecule has 0 atom stereocenters. The van der Waals surface area contributed by atoms with Gasteiger partial charge in [0.1, 0.15) is 11.3 Å². The molecule has 3 aromatic rings. The third kappa shape index (κ3) is 4.85. The number of likely N-dealkylation sites (tertiary alicyclic amines) is 1. The lowest BCUT2D eigenvalue weighted by Crippen LogP contribution is -2.54. The normalized spacial score (nSPS) is 13.2. The van der Waals surface area contributed by atoms with E-state index in [1.807, 2.05) is 21.0 Å². The Balaban J connectivity index is 0.000000913. The Labute approximate surface area is 191 Å². The molecule has 3 heterocycles. The van der Waals surface area contributed by atoms with Gasteiger partial charge in [-0.3, -0.25) is 9.59 Å². The Bertz CT molecular complexity index is 1110. The molecule has 0 unspecified atom stereocenters.